The van der Waals surface area contributed by atoms with E-state index in [1.807, 2.05) is 0 Å². The molecule has 0 saturated heterocycles. The first-order valence-corrected chi connectivity index (χ1v) is 10.6. The van der Waals surface area contributed by atoms with Crippen LogP contribution in [-0.4, -0.2) is 27.2 Å². The number of carbonyl (C=O) groups excluding carboxylic acids is 1. The molecule has 0 spiro atoms. The fraction of sp³-hybridized carbons (Fsp3) is 0.120. The SMILES string of the molecule is O=C(NCCc1ccc(F)cc1)c1c(O)n(OCc2ccccc2)c(=O)c2cc([N+](=O)[O-])ccc12. The fourth-order valence-electron chi connectivity index (χ4n) is 3.59. The average molecular weight is 477 g/mol. The lowest BCUT2D eigenvalue weighted by Gasteiger charge is -2.16. The van der Waals surface area contributed by atoms with Gasteiger partial charge in [-0.25, -0.2) is 4.39 Å². The van der Waals surface area contributed by atoms with E-state index in [0.717, 1.165) is 17.7 Å². The van der Waals surface area contributed by atoms with Crippen molar-refractivity contribution in [2.24, 2.45) is 0 Å². The zero-order chi connectivity index (χ0) is 24.9. The van der Waals surface area contributed by atoms with Crippen LogP contribution in [0.25, 0.3) is 10.8 Å². The summed E-state index contributed by atoms with van der Waals surface area (Å²) in [6.07, 6.45) is 0.389. The number of nitrogens with zero attached hydrogens (tertiary/aromatic N) is 2. The minimum Gasteiger partial charge on any atom is -0.492 e. The minimum atomic E-state index is -0.847. The van der Waals surface area contributed by atoms with Gasteiger partial charge in [0.2, 0.25) is 5.88 Å². The molecule has 0 radical (unpaired) electrons. The Morgan fingerprint density at radius 3 is 2.43 bits per heavy atom. The summed E-state index contributed by atoms with van der Waals surface area (Å²) >= 11 is 0. The van der Waals surface area contributed by atoms with E-state index >= 15 is 0 Å². The first-order valence-electron chi connectivity index (χ1n) is 10.6. The number of fused-ring (bicyclic) bond motifs is 1. The highest BCUT2D eigenvalue weighted by Gasteiger charge is 2.24. The van der Waals surface area contributed by atoms with Crippen molar-refractivity contribution in [3.05, 3.63) is 116 Å². The molecule has 1 aromatic heterocycles. The molecule has 0 saturated carbocycles. The van der Waals surface area contributed by atoms with Gasteiger partial charge < -0.3 is 15.3 Å². The second-order valence-electron chi connectivity index (χ2n) is 7.68. The molecule has 1 heterocycles. The topological polar surface area (TPSA) is 124 Å². The Kier molecular flexibility index (Phi) is 6.72. The van der Waals surface area contributed by atoms with Crippen LogP contribution < -0.4 is 15.7 Å². The van der Waals surface area contributed by atoms with Crippen molar-refractivity contribution < 1.29 is 24.1 Å². The summed E-state index contributed by atoms with van der Waals surface area (Å²) in [7, 11) is 0. The van der Waals surface area contributed by atoms with Crippen molar-refractivity contribution in [1.29, 1.82) is 0 Å². The van der Waals surface area contributed by atoms with Gasteiger partial charge in [-0.1, -0.05) is 42.5 Å². The molecule has 9 nitrogen and oxygen atoms in total. The molecular weight excluding hydrogens is 457 g/mol. The summed E-state index contributed by atoms with van der Waals surface area (Å²) in [6, 6.07) is 18.1. The van der Waals surface area contributed by atoms with Crippen molar-refractivity contribution in [3.8, 4) is 5.88 Å². The van der Waals surface area contributed by atoms with Gasteiger partial charge in [0.25, 0.3) is 17.2 Å². The van der Waals surface area contributed by atoms with E-state index in [1.165, 1.54) is 18.2 Å². The molecule has 178 valence electrons. The lowest BCUT2D eigenvalue weighted by Crippen LogP contribution is -2.32. The molecule has 0 atom stereocenters. The molecule has 1 amide bonds. The van der Waals surface area contributed by atoms with Gasteiger partial charge in [0.1, 0.15) is 18.0 Å². The molecule has 0 fully saturated rings. The number of benzene rings is 3. The van der Waals surface area contributed by atoms with Crippen molar-refractivity contribution >= 4 is 22.4 Å². The highest BCUT2D eigenvalue weighted by molar-refractivity contribution is 6.09. The zero-order valence-corrected chi connectivity index (χ0v) is 18.3. The number of carbonyl (C=O) groups is 1. The lowest BCUT2D eigenvalue weighted by molar-refractivity contribution is -0.384. The Bertz CT molecular complexity index is 1450. The van der Waals surface area contributed by atoms with Crippen molar-refractivity contribution in [3.63, 3.8) is 0 Å². The Labute approximate surface area is 198 Å². The van der Waals surface area contributed by atoms with E-state index in [9.17, 15) is 29.2 Å². The van der Waals surface area contributed by atoms with E-state index in [0.29, 0.717) is 16.7 Å². The maximum Gasteiger partial charge on any atom is 0.294 e. The minimum absolute atomic E-state index is 0.0388. The standard InChI is InChI=1S/C25H20FN3O6/c26-18-8-6-16(7-9-18)12-13-27-23(30)22-20-11-10-19(29(33)34)14-21(20)24(31)28(25(22)32)35-15-17-4-2-1-3-5-17/h1-11,14,32H,12-13,15H2,(H,27,30). The number of halogens is 1. The number of pyridine rings is 1. The molecule has 0 bridgehead atoms. The van der Waals surface area contributed by atoms with E-state index < -0.39 is 22.3 Å². The predicted octanol–water partition coefficient (Wildman–Crippen LogP) is 3.36. The smallest absolute Gasteiger partial charge is 0.294 e. The van der Waals surface area contributed by atoms with Crippen LogP contribution in [0.3, 0.4) is 0 Å². The molecule has 0 aliphatic carbocycles. The Morgan fingerprint density at radius 2 is 1.74 bits per heavy atom. The molecule has 3 aromatic carbocycles. The Hall–Kier alpha value is -4.73. The maximum atomic E-state index is 13.1. The number of nitro benzene ring substituents is 1. The number of nitro groups is 1. The summed E-state index contributed by atoms with van der Waals surface area (Å²) in [5.41, 5.74) is 0.0232. The maximum absolute atomic E-state index is 13.1. The van der Waals surface area contributed by atoms with Crippen LogP contribution in [0.5, 0.6) is 5.88 Å². The molecule has 10 heteroatoms. The monoisotopic (exact) mass is 477 g/mol. The number of rotatable bonds is 8. The number of amides is 1. The van der Waals surface area contributed by atoms with E-state index in [1.54, 1.807) is 42.5 Å². The highest BCUT2D eigenvalue weighted by atomic mass is 19.1. The molecule has 0 aliphatic rings. The molecule has 4 aromatic rings. The number of nitrogens with one attached hydrogen (secondary N) is 1. The van der Waals surface area contributed by atoms with Crippen LogP contribution >= 0.6 is 0 Å². The van der Waals surface area contributed by atoms with Crippen LogP contribution in [0.4, 0.5) is 10.1 Å². The molecule has 4 rings (SSSR count). The Morgan fingerprint density at radius 1 is 1.03 bits per heavy atom. The number of aromatic hydroxyl groups is 1. The van der Waals surface area contributed by atoms with Crippen molar-refractivity contribution in [2.75, 3.05) is 6.54 Å². The van der Waals surface area contributed by atoms with E-state index in [2.05, 4.69) is 5.32 Å². The third kappa shape index (κ3) is 5.11. The van der Waals surface area contributed by atoms with Crippen molar-refractivity contribution in [2.45, 2.75) is 13.0 Å². The van der Waals surface area contributed by atoms with Crippen LogP contribution in [0.2, 0.25) is 0 Å². The quantitative estimate of drug-likeness (QED) is 0.296. The second-order valence-corrected chi connectivity index (χ2v) is 7.68. The van der Waals surface area contributed by atoms with Gasteiger partial charge in [-0.3, -0.25) is 19.7 Å². The average Bonchev–Trinajstić information content (AvgIpc) is 2.85. The largest absolute Gasteiger partial charge is 0.492 e. The normalized spacial score (nSPS) is 10.8. The third-order valence-corrected chi connectivity index (χ3v) is 5.36. The third-order valence-electron chi connectivity index (χ3n) is 5.36. The summed E-state index contributed by atoms with van der Waals surface area (Å²) in [4.78, 5) is 42.2. The van der Waals surface area contributed by atoms with Crippen molar-refractivity contribution in [1.82, 2.24) is 10.0 Å². The van der Waals surface area contributed by atoms with Gasteiger partial charge in [-0.15, -0.1) is 4.73 Å². The Balaban J connectivity index is 1.69. The van der Waals surface area contributed by atoms with Crippen LogP contribution in [0.1, 0.15) is 21.5 Å². The second kappa shape index (κ2) is 10.0. The van der Waals surface area contributed by atoms with Gasteiger partial charge in [-0.2, -0.15) is 0 Å². The van der Waals surface area contributed by atoms with Gasteiger partial charge in [0, 0.05) is 24.1 Å². The van der Waals surface area contributed by atoms with Crippen LogP contribution in [-0.2, 0) is 13.0 Å². The predicted molar refractivity (Wildman–Crippen MR) is 126 cm³/mol. The molecular formula is C25H20FN3O6. The zero-order valence-electron chi connectivity index (χ0n) is 18.3. The summed E-state index contributed by atoms with van der Waals surface area (Å²) in [5.74, 6) is -1.81. The van der Waals surface area contributed by atoms with Gasteiger partial charge in [-0.05, 0) is 35.7 Å². The van der Waals surface area contributed by atoms with Gasteiger partial charge >= 0.3 is 0 Å². The summed E-state index contributed by atoms with van der Waals surface area (Å²) in [6.45, 7) is 0.0583. The first-order chi connectivity index (χ1) is 16.8. The fourth-order valence-corrected chi connectivity index (χ4v) is 3.59. The lowest BCUT2D eigenvalue weighted by atomic mass is 10.1. The summed E-state index contributed by atoms with van der Waals surface area (Å²) in [5, 5.41) is 24.6. The number of hydrogen-bond donors (Lipinski definition) is 2. The number of hydrogen-bond acceptors (Lipinski definition) is 6. The molecule has 0 unspecified atom stereocenters. The van der Waals surface area contributed by atoms with E-state index in [-0.39, 0.29) is 41.0 Å². The van der Waals surface area contributed by atoms with E-state index in [4.69, 9.17) is 4.84 Å². The van der Waals surface area contributed by atoms with Gasteiger partial charge in [0.05, 0.1) is 10.3 Å². The van der Waals surface area contributed by atoms with Crippen LogP contribution in [0.15, 0.2) is 77.6 Å². The first kappa shape index (κ1) is 23.4. The molecule has 35 heavy (non-hydrogen) atoms. The molecule has 0 aliphatic heterocycles. The number of aromatic nitrogens is 1. The summed E-state index contributed by atoms with van der Waals surface area (Å²) < 4.78 is 13.7. The van der Waals surface area contributed by atoms with Gasteiger partial charge in [0.15, 0.2) is 0 Å². The molecule has 2 N–H and O–H groups in total. The highest BCUT2D eigenvalue weighted by Crippen LogP contribution is 2.27. The van der Waals surface area contributed by atoms with Crippen LogP contribution in [0, 0.1) is 15.9 Å². The number of non-ortho nitro benzene ring substituents is 1.